The van der Waals surface area contributed by atoms with Crippen LogP contribution in [0.1, 0.15) is 11.4 Å². The molecule has 0 N–H and O–H groups in total. The summed E-state index contributed by atoms with van der Waals surface area (Å²) in [4.78, 5) is 4.60. The van der Waals surface area contributed by atoms with Gasteiger partial charge in [-0.15, -0.1) is 10.2 Å². The largest absolute Gasteiger partial charge is 0.378 e. The molecule has 0 saturated carbocycles. The predicted octanol–water partition coefficient (Wildman–Crippen LogP) is 3.58. The van der Waals surface area contributed by atoms with Crippen LogP contribution in [-0.4, -0.2) is 53.4 Å². The van der Waals surface area contributed by atoms with Crippen molar-refractivity contribution in [3.8, 4) is 11.4 Å². The Morgan fingerprint density at radius 2 is 1.71 bits per heavy atom. The molecular formula is C23H27N5. The van der Waals surface area contributed by atoms with Crippen molar-refractivity contribution < 1.29 is 0 Å². The first-order valence-corrected chi connectivity index (χ1v) is 9.84. The molecular weight excluding hydrogens is 346 g/mol. The molecule has 0 bridgehead atoms. The molecule has 3 aromatic rings. The van der Waals surface area contributed by atoms with Crippen molar-refractivity contribution in [2.75, 3.05) is 38.6 Å². The summed E-state index contributed by atoms with van der Waals surface area (Å²) in [7, 11) is 4.13. The van der Waals surface area contributed by atoms with Crippen LogP contribution in [0, 0.1) is 0 Å². The van der Waals surface area contributed by atoms with Crippen molar-refractivity contribution in [1.29, 1.82) is 0 Å². The van der Waals surface area contributed by atoms with Crippen molar-refractivity contribution >= 4 is 11.8 Å². The molecule has 1 aromatic heterocycles. The number of anilines is 1. The average Bonchev–Trinajstić information content (AvgIpc) is 3.03. The lowest BCUT2D eigenvalue weighted by molar-refractivity contribution is 0.309. The van der Waals surface area contributed by atoms with E-state index in [0.717, 1.165) is 49.8 Å². The minimum absolute atomic E-state index is 0.929. The first kappa shape index (κ1) is 18.4. The molecule has 0 atom stereocenters. The van der Waals surface area contributed by atoms with Gasteiger partial charge in [0.2, 0.25) is 0 Å². The Hall–Kier alpha value is -2.92. The minimum atomic E-state index is 0.929. The van der Waals surface area contributed by atoms with E-state index in [0.29, 0.717) is 0 Å². The summed E-state index contributed by atoms with van der Waals surface area (Å²) in [5.74, 6) is 2.07. The molecule has 2 heterocycles. The maximum Gasteiger partial charge on any atom is 0.164 e. The highest BCUT2D eigenvalue weighted by Gasteiger charge is 2.18. The van der Waals surface area contributed by atoms with E-state index in [2.05, 4.69) is 99.3 Å². The maximum absolute atomic E-state index is 4.44. The number of nitrogens with zero attached hydrogens (tertiary/aromatic N) is 5. The molecule has 0 aliphatic carbocycles. The van der Waals surface area contributed by atoms with Crippen molar-refractivity contribution in [2.24, 2.45) is 0 Å². The zero-order valence-electron chi connectivity index (χ0n) is 16.6. The predicted molar refractivity (Wildman–Crippen MR) is 115 cm³/mol. The minimum Gasteiger partial charge on any atom is -0.378 e. The number of benzene rings is 2. The van der Waals surface area contributed by atoms with E-state index in [1.54, 1.807) is 0 Å². The average molecular weight is 374 g/mol. The van der Waals surface area contributed by atoms with Gasteiger partial charge in [0.1, 0.15) is 5.82 Å². The van der Waals surface area contributed by atoms with Gasteiger partial charge in [0.25, 0.3) is 0 Å². The second-order valence-corrected chi connectivity index (χ2v) is 7.40. The lowest BCUT2D eigenvalue weighted by Crippen LogP contribution is -2.27. The molecule has 0 spiro atoms. The monoisotopic (exact) mass is 373 g/mol. The number of aromatic nitrogens is 3. The summed E-state index contributed by atoms with van der Waals surface area (Å²) in [6.45, 7) is 3.90. The van der Waals surface area contributed by atoms with Gasteiger partial charge in [-0.2, -0.15) is 0 Å². The molecule has 144 valence electrons. The van der Waals surface area contributed by atoms with Gasteiger partial charge < -0.3 is 9.47 Å². The first-order valence-electron chi connectivity index (χ1n) is 9.84. The summed E-state index contributed by atoms with van der Waals surface area (Å²) >= 11 is 0. The second kappa shape index (κ2) is 8.40. The van der Waals surface area contributed by atoms with Crippen molar-refractivity contribution in [3.63, 3.8) is 0 Å². The Labute approximate surface area is 166 Å². The Bertz CT molecular complexity index is 925. The Morgan fingerprint density at radius 3 is 2.46 bits per heavy atom. The quantitative estimate of drug-likeness (QED) is 0.685. The summed E-state index contributed by atoms with van der Waals surface area (Å²) < 4.78 is 2.28. The molecule has 5 nitrogen and oxygen atoms in total. The lowest BCUT2D eigenvalue weighted by Gasteiger charge is -2.17. The third-order valence-electron chi connectivity index (χ3n) is 5.23. The summed E-state index contributed by atoms with van der Waals surface area (Å²) in [6.07, 6.45) is 5.40. The van der Waals surface area contributed by atoms with Gasteiger partial charge in [0, 0.05) is 57.9 Å². The Morgan fingerprint density at radius 1 is 0.929 bits per heavy atom. The van der Waals surface area contributed by atoms with E-state index in [1.165, 1.54) is 11.3 Å². The molecule has 4 rings (SSSR count). The Balaban J connectivity index is 1.37. The van der Waals surface area contributed by atoms with E-state index >= 15 is 0 Å². The molecule has 2 aromatic carbocycles. The smallest absolute Gasteiger partial charge is 0.164 e. The molecule has 0 radical (unpaired) electrons. The summed E-state index contributed by atoms with van der Waals surface area (Å²) in [5.41, 5.74) is 3.60. The first-order chi connectivity index (χ1) is 13.7. The van der Waals surface area contributed by atoms with E-state index < -0.39 is 0 Å². The topological polar surface area (TPSA) is 37.2 Å². The molecule has 0 unspecified atom stereocenters. The van der Waals surface area contributed by atoms with Crippen molar-refractivity contribution in [2.45, 2.75) is 13.0 Å². The number of hydrogen-bond donors (Lipinski definition) is 0. The molecule has 0 amide bonds. The fraction of sp³-hybridized carbons (Fsp3) is 0.304. The summed E-state index contributed by atoms with van der Waals surface area (Å²) in [6, 6.07) is 19.0. The van der Waals surface area contributed by atoms with Crippen LogP contribution in [0.5, 0.6) is 0 Å². The normalized spacial score (nSPS) is 14.8. The van der Waals surface area contributed by atoms with Crippen LogP contribution < -0.4 is 4.90 Å². The fourth-order valence-corrected chi connectivity index (χ4v) is 3.57. The van der Waals surface area contributed by atoms with Crippen LogP contribution in [0.3, 0.4) is 0 Å². The van der Waals surface area contributed by atoms with Crippen molar-refractivity contribution in [3.05, 3.63) is 72.1 Å². The highest BCUT2D eigenvalue weighted by molar-refractivity contribution is 5.56. The second-order valence-electron chi connectivity index (χ2n) is 7.40. The van der Waals surface area contributed by atoms with Gasteiger partial charge in [0.15, 0.2) is 5.82 Å². The molecule has 1 aliphatic rings. The fourth-order valence-electron chi connectivity index (χ4n) is 3.57. The van der Waals surface area contributed by atoms with Gasteiger partial charge >= 0.3 is 0 Å². The number of fused-ring (bicyclic) bond motifs is 1. The van der Waals surface area contributed by atoms with Gasteiger partial charge in [-0.25, -0.2) is 0 Å². The number of rotatable bonds is 5. The van der Waals surface area contributed by atoms with E-state index in [1.807, 2.05) is 6.07 Å². The van der Waals surface area contributed by atoms with E-state index in [-0.39, 0.29) is 0 Å². The third-order valence-corrected chi connectivity index (χ3v) is 5.23. The van der Waals surface area contributed by atoms with E-state index in [9.17, 15) is 0 Å². The maximum atomic E-state index is 4.44. The molecule has 0 fully saturated rings. The molecule has 0 saturated heterocycles. The van der Waals surface area contributed by atoms with Gasteiger partial charge in [-0.05, 0) is 17.7 Å². The van der Waals surface area contributed by atoms with Gasteiger partial charge in [0.05, 0.1) is 0 Å². The van der Waals surface area contributed by atoms with Crippen LogP contribution in [-0.2, 0) is 13.0 Å². The molecule has 28 heavy (non-hydrogen) atoms. The zero-order valence-corrected chi connectivity index (χ0v) is 16.6. The highest BCUT2D eigenvalue weighted by atomic mass is 15.3. The number of hydrogen-bond acceptors (Lipinski definition) is 4. The SMILES string of the molecule is CN(C)c1ccc(C=CCN2CCc3nnc(-c4ccccc4)n3CC2)cc1. The third kappa shape index (κ3) is 4.15. The lowest BCUT2D eigenvalue weighted by atomic mass is 10.2. The standard InChI is InChI=1S/C23H27N5/c1-26(2)21-12-10-19(11-13-21)7-6-15-27-16-14-22-24-25-23(28(22)18-17-27)20-8-4-3-5-9-20/h3-13H,14-18H2,1-2H3. The van der Waals surface area contributed by atoms with Crippen LogP contribution in [0.4, 0.5) is 5.69 Å². The van der Waals surface area contributed by atoms with Gasteiger partial charge in [-0.3, -0.25) is 4.90 Å². The Kier molecular flexibility index (Phi) is 5.53. The molecule has 5 heteroatoms. The van der Waals surface area contributed by atoms with E-state index in [4.69, 9.17) is 0 Å². The van der Waals surface area contributed by atoms with Crippen molar-refractivity contribution in [1.82, 2.24) is 19.7 Å². The van der Waals surface area contributed by atoms with Crippen LogP contribution in [0.15, 0.2) is 60.7 Å². The highest BCUT2D eigenvalue weighted by Crippen LogP contribution is 2.20. The molecule has 1 aliphatic heterocycles. The van der Waals surface area contributed by atoms with Crippen LogP contribution in [0.25, 0.3) is 17.5 Å². The van der Waals surface area contributed by atoms with Crippen LogP contribution in [0.2, 0.25) is 0 Å². The van der Waals surface area contributed by atoms with Crippen LogP contribution >= 0.6 is 0 Å². The van der Waals surface area contributed by atoms with Gasteiger partial charge in [-0.1, -0.05) is 54.6 Å². The zero-order chi connectivity index (χ0) is 19.3. The summed E-state index contributed by atoms with van der Waals surface area (Å²) in [5, 5.41) is 8.88.